The van der Waals surface area contributed by atoms with Crippen LogP contribution in [-0.4, -0.2) is 39.2 Å². The van der Waals surface area contributed by atoms with Gasteiger partial charge in [0.2, 0.25) is 5.91 Å². The number of para-hydroxylation sites is 1. The van der Waals surface area contributed by atoms with Gasteiger partial charge in [0, 0.05) is 7.05 Å². The van der Waals surface area contributed by atoms with E-state index in [0.717, 1.165) is 11.3 Å². The monoisotopic (exact) mass is 368 g/mol. The topological polar surface area (TPSA) is 60.2 Å². The molecule has 140 valence electrons. The highest BCUT2D eigenvalue weighted by atomic mass is 19.1. The van der Waals surface area contributed by atoms with E-state index in [1.807, 2.05) is 31.2 Å². The van der Waals surface area contributed by atoms with Crippen LogP contribution < -0.4 is 4.74 Å². The molecule has 3 rings (SSSR count). The first kappa shape index (κ1) is 18.6. The number of ether oxygens (including phenoxy) is 1. The van der Waals surface area contributed by atoms with E-state index in [1.54, 1.807) is 41.2 Å². The zero-order valence-electron chi connectivity index (χ0n) is 15.2. The molecule has 0 radical (unpaired) electrons. The molecule has 6 nitrogen and oxygen atoms in total. The maximum absolute atomic E-state index is 13.5. The van der Waals surface area contributed by atoms with Crippen LogP contribution in [0.1, 0.15) is 24.9 Å². The molecule has 0 saturated carbocycles. The third-order valence-corrected chi connectivity index (χ3v) is 4.44. The normalized spacial score (nSPS) is 11.8. The highest BCUT2D eigenvalue weighted by Gasteiger charge is 2.17. The third-order valence-electron chi connectivity index (χ3n) is 4.44. The Balaban J connectivity index is 1.55. The van der Waals surface area contributed by atoms with Gasteiger partial charge in [0.15, 0.2) is 11.6 Å². The van der Waals surface area contributed by atoms with Gasteiger partial charge in [0.05, 0.1) is 24.8 Å². The summed E-state index contributed by atoms with van der Waals surface area (Å²) in [5, 5.41) is 4.09. The summed E-state index contributed by atoms with van der Waals surface area (Å²) in [6.45, 7) is 2.09. The quantitative estimate of drug-likeness (QED) is 0.641. The lowest BCUT2D eigenvalue weighted by Crippen LogP contribution is -2.30. The van der Waals surface area contributed by atoms with E-state index in [4.69, 9.17) is 4.74 Å². The van der Waals surface area contributed by atoms with E-state index in [9.17, 15) is 9.18 Å². The molecule has 0 aliphatic heterocycles. The standard InChI is InChI=1S/C20H21FN4O2/c1-15(16-7-9-17(10-8-16)25-14-22-13-23-25)24(2)20(26)11-12-27-19-6-4-3-5-18(19)21/h3-10,13-15H,11-12H2,1-2H3. The Kier molecular flexibility index (Phi) is 5.80. The molecule has 0 bridgehead atoms. The second-order valence-electron chi connectivity index (χ2n) is 6.14. The maximum Gasteiger partial charge on any atom is 0.226 e. The molecule has 0 N–H and O–H groups in total. The Morgan fingerprint density at radius 2 is 1.96 bits per heavy atom. The largest absolute Gasteiger partial charge is 0.490 e. The van der Waals surface area contributed by atoms with Crippen molar-refractivity contribution < 1.29 is 13.9 Å². The van der Waals surface area contributed by atoms with Gasteiger partial charge >= 0.3 is 0 Å². The minimum absolute atomic E-state index is 0.0702. The van der Waals surface area contributed by atoms with Gasteiger partial charge in [-0.1, -0.05) is 24.3 Å². The molecule has 1 unspecified atom stereocenters. The van der Waals surface area contributed by atoms with Gasteiger partial charge in [-0.15, -0.1) is 0 Å². The van der Waals surface area contributed by atoms with Crippen LogP contribution in [0.25, 0.3) is 5.69 Å². The molecule has 1 heterocycles. The van der Waals surface area contributed by atoms with Gasteiger partial charge in [0.25, 0.3) is 0 Å². The Labute approximate surface area is 157 Å². The lowest BCUT2D eigenvalue weighted by molar-refractivity contribution is -0.132. The number of benzene rings is 2. The summed E-state index contributed by atoms with van der Waals surface area (Å²) in [6, 6.07) is 13.8. The van der Waals surface area contributed by atoms with Gasteiger partial charge in [-0.05, 0) is 36.8 Å². The van der Waals surface area contributed by atoms with Crippen LogP contribution in [0.4, 0.5) is 4.39 Å². The fourth-order valence-corrected chi connectivity index (χ4v) is 2.67. The smallest absolute Gasteiger partial charge is 0.226 e. The molecule has 0 aliphatic carbocycles. The lowest BCUT2D eigenvalue weighted by Gasteiger charge is -2.25. The second-order valence-corrected chi connectivity index (χ2v) is 6.14. The first-order valence-corrected chi connectivity index (χ1v) is 8.64. The molecular formula is C20H21FN4O2. The number of carbonyl (C=O) groups is 1. The summed E-state index contributed by atoms with van der Waals surface area (Å²) < 4.78 is 20.6. The number of hydrogen-bond donors (Lipinski definition) is 0. The molecule has 1 amide bonds. The summed E-state index contributed by atoms with van der Waals surface area (Å²) in [5.41, 5.74) is 1.90. The summed E-state index contributed by atoms with van der Waals surface area (Å²) in [5.74, 6) is -0.344. The summed E-state index contributed by atoms with van der Waals surface area (Å²) >= 11 is 0. The number of amides is 1. The molecule has 2 aromatic carbocycles. The highest BCUT2D eigenvalue weighted by Crippen LogP contribution is 2.21. The van der Waals surface area contributed by atoms with Gasteiger partial charge in [0.1, 0.15) is 12.7 Å². The van der Waals surface area contributed by atoms with Crippen LogP contribution in [0.3, 0.4) is 0 Å². The number of rotatable bonds is 7. The van der Waals surface area contributed by atoms with Crippen LogP contribution >= 0.6 is 0 Å². The van der Waals surface area contributed by atoms with Crippen molar-refractivity contribution in [2.45, 2.75) is 19.4 Å². The van der Waals surface area contributed by atoms with Crippen molar-refractivity contribution in [2.75, 3.05) is 13.7 Å². The second kappa shape index (κ2) is 8.44. The molecule has 0 fully saturated rings. The maximum atomic E-state index is 13.5. The van der Waals surface area contributed by atoms with Gasteiger partial charge in [-0.2, -0.15) is 5.10 Å². The predicted molar refractivity (Wildman–Crippen MR) is 99.1 cm³/mol. The summed E-state index contributed by atoms with van der Waals surface area (Å²) in [7, 11) is 1.75. The van der Waals surface area contributed by atoms with Crippen molar-refractivity contribution >= 4 is 5.91 Å². The summed E-state index contributed by atoms with van der Waals surface area (Å²) in [4.78, 5) is 18.0. The molecule has 0 spiro atoms. The van der Waals surface area contributed by atoms with E-state index in [0.29, 0.717) is 0 Å². The predicted octanol–water partition coefficient (Wildman–Crippen LogP) is 3.39. The zero-order chi connectivity index (χ0) is 19.2. The SMILES string of the molecule is CC(c1ccc(-n2cncn2)cc1)N(C)C(=O)CCOc1ccccc1F. The van der Waals surface area contributed by atoms with E-state index in [-0.39, 0.29) is 30.7 Å². The zero-order valence-corrected chi connectivity index (χ0v) is 15.2. The number of nitrogens with zero attached hydrogens (tertiary/aromatic N) is 4. The number of aromatic nitrogens is 3. The van der Waals surface area contributed by atoms with Crippen molar-refractivity contribution in [3.05, 3.63) is 72.6 Å². The first-order valence-electron chi connectivity index (χ1n) is 8.64. The van der Waals surface area contributed by atoms with E-state index in [1.165, 1.54) is 12.4 Å². The van der Waals surface area contributed by atoms with E-state index < -0.39 is 5.82 Å². The third kappa shape index (κ3) is 4.49. The van der Waals surface area contributed by atoms with Crippen molar-refractivity contribution in [1.82, 2.24) is 19.7 Å². The molecule has 1 atom stereocenters. The van der Waals surface area contributed by atoms with Gasteiger partial charge in [-0.25, -0.2) is 14.1 Å². The van der Waals surface area contributed by atoms with Crippen molar-refractivity contribution in [3.8, 4) is 11.4 Å². The van der Waals surface area contributed by atoms with Crippen LogP contribution in [0.15, 0.2) is 61.2 Å². The Bertz CT molecular complexity index is 881. The molecule has 7 heteroatoms. The first-order chi connectivity index (χ1) is 13.1. The molecule has 1 aromatic heterocycles. The van der Waals surface area contributed by atoms with Crippen LogP contribution in [-0.2, 0) is 4.79 Å². The lowest BCUT2D eigenvalue weighted by atomic mass is 10.1. The average molecular weight is 368 g/mol. The Hall–Kier alpha value is -3.22. The molecule has 0 saturated heterocycles. The van der Waals surface area contributed by atoms with Gasteiger partial charge in [-0.3, -0.25) is 4.79 Å². The Morgan fingerprint density at radius 3 is 2.63 bits per heavy atom. The van der Waals surface area contributed by atoms with Gasteiger partial charge < -0.3 is 9.64 Å². The number of hydrogen-bond acceptors (Lipinski definition) is 4. The molecule has 27 heavy (non-hydrogen) atoms. The number of halogens is 1. The van der Waals surface area contributed by atoms with Crippen molar-refractivity contribution in [3.63, 3.8) is 0 Å². The van der Waals surface area contributed by atoms with E-state index >= 15 is 0 Å². The fraction of sp³-hybridized carbons (Fsp3) is 0.250. The molecular weight excluding hydrogens is 347 g/mol. The summed E-state index contributed by atoms with van der Waals surface area (Å²) in [6.07, 6.45) is 3.28. The minimum atomic E-state index is -0.431. The van der Waals surface area contributed by atoms with Crippen molar-refractivity contribution in [2.24, 2.45) is 0 Å². The molecule has 3 aromatic rings. The van der Waals surface area contributed by atoms with Crippen LogP contribution in [0.5, 0.6) is 5.75 Å². The van der Waals surface area contributed by atoms with Crippen LogP contribution in [0, 0.1) is 5.82 Å². The van der Waals surface area contributed by atoms with Crippen molar-refractivity contribution in [1.29, 1.82) is 0 Å². The highest BCUT2D eigenvalue weighted by molar-refractivity contribution is 5.76. The molecule has 0 aliphatic rings. The fourth-order valence-electron chi connectivity index (χ4n) is 2.67. The van der Waals surface area contributed by atoms with Crippen LogP contribution in [0.2, 0.25) is 0 Å². The minimum Gasteiger partial charge on any atom is -0.490 e. The van der Waals surface area contributed by atoms with E-state index in [2.05, 4.69) is 10.1 Å². The Morgan fingerprint density at radius 1 is 1.22 bits per heavy atom. The number of carbonyl (C=O) groups excluding carboxylic acids is 1. The average Bonchev–Trinajstić information content (AvgIpc) is 3.23.